The molecule has 0 aliphatic rings. The maximum atomic E-state index is 12.4. The van der Waals surface area contributed by atoms with Gasteiger partial charge in [-0.05, 0) is 30.3 Å². The molecule has 25 heavy (non-hydrogen) atoms. The average Bonchev–Trinajstić information content (AvgIpc) is 2.61. The molecule has 5 N–H and O–H groups in total. The van der Waals surface area contributed by atoms with Crippen LogP contribution in [0.1, 0.15) is 10.4 Å². The predicted molar refractivity (Wildman–Crippen MR) is 99.5 cm³/mol. The number of aromatic hydroxyl groups is 1. The number of aromatic nitrogens is 1. The van der Waals surface area contributed by atoms with Crippen LogP contribution in [0.25, 0.3) is 22.2 Å². The lowest BCUT2D eigenvalue weighted by atomic mass is 10.1. The van der Waals surface area contributed by atoms with E-state index in [0.29, 0.717) is 16.6 Å². The highest BCUT2D eigenvalue weighted by molar-refractivity contribution is 6.39. The first-order chi connectivity index (χ1) is 11.8. The van der Waals surface area contributed by atoms with E-state index < -0.39 is 11.2 Å². The summed E-state index contributed by atoms with van der Waals surface area (Å²) in [6.45, 7) is 0. The standard InChI is InChI=1S/C17H13Cl2N3O3/c1-21-17(25)7-2-3-9-12(6-7)22-14(16(24)15(9)23)8-4-10(18)13(20)11(19)5-8/h2-6,24H,20H2,1H3,(H,21,25)(H,22,23). The Hall–Kier alpha value is -2.70. The summed E-state index contributed by atoms with van der Waals surface area (Å²) in [5, 5.41) is 13.4. The number of amides is 1. The summed E-state index contributed by atoms with van der Waals surface area (Å²) in [6.07, 6.45) is 0. The molecule has 128 valence electrons. The van der Waals surface area contributed by atoms with E-state index >= 15 is 0 Å². The first-order valence-corrected chi connectivity index (χ1v) is 7.95. The maximum Gasteiger partial charge on any atom is 0.251 e. The van der Waals surface area contributed by atoms with Gasteiger partial charge in [-0.15, -0.1) is 0 Å². The number of hydrogen-bond acceptors (Lipinski definition) is 4. The Bertz CT molecular complexity index is 1050. The second kappa shape index (κ2) is 6.31. The number of nitrogens with two attached hydrogens (primary N) is 1. The van der Waals surface area contributed by atoms with Gasteiger partial charge in [0, 0.05) is 23.6 Å². The molecule has 0 fully saturated rings. The molecule has 0 radical (unpaired) electrons. The summed E-state index contributed by atoms with van der Waals surface area (Å²) in [5.41, 5.74) is 6.64. The average molecular weight is 378 g/mol. The molecule has 0 aliphatic carbocycles. The van der Waals surface area contributed by atoms with Crippen LogP contribution in [0, 0.1) is 0 Å². The number of hydrogen-bond donors (Lipinski definition) is 4. The number of anilines is 1. The molecule has 3 rings (SSSR count). The lowest BCUT2D eigenvalue weighted by molar-refractivity contribution is 0.0963. The van der Waals surface area contributed by atoms with Crippen LogP contribution in [-0.4, -0.2) is 23.0 Å². The predicted octanol–water partition coefficient (Wildman–Crippen LogP) is 3.15. The van der Waals surface area contributed by atoms with Crippen LogP contribution in [0.2, 0.25) is 10.0 Å². The Morgan fingerprint density at radius 1 is 1.20 bits per heavy atom. The third kappa shape index (κ3) is 2.90. The Labute approximate surface area is 152 Å². The minimum absolute atomic E-state index is 0.135. The van der Waals surface area contributed by atoms with Crippen molar-refractivity contribution in [1.82, 2.24) is 10.3 Å². The van der Waals surface area contributed by atoms with Crippen LogP contribution in [0.3, 0.4) is 0 Å². The van der Waals surface area contributed by atoms with Crippen molar-refractivity contribution >= 4 is 45.7 Å². The lowest BCUT2D eigenvalue weighted by Crippen LogP contribution is -2.18. The highest BCUT2D eigenvalue weighted by Gasteiger charge is 2.16. The van der Waals surface area contributed by atoms with Crippen LogP contribution < -0.4 is 16.5 Å². The quantitative estimate of drug-likeness (QED) is 0.514. The molecule has 0 atom stereocenters. The Morgan fingerprint density at radius 3 is 2.44 bits per heavy atom. The van der Waals surface area contributed by atoms with Gasteiger partial charge in [-0.3, -0.25) is 9.59 Å². The van der Waals surface area contributed by atoms with E-state index in [1.165, 1.54) is 37.4 Å². The molecule has 0 bridgehead atoms. The summed E-state index contributed by atoms with van der Waals surface area (Å²) < 4.78 is 0. The number of rotatable bonds is 2. The van der Waals surface area contributed by atoms with Crippen molar-refractivity contribution < 1.29 is 9.90 Å². The number of nitrogens with one attached hydrogen (secondary N) is 2. The van der Waals surface area contributed by atoms with Crippen molar-refractivity contribution in [2.45, 2.75) is 0 Å². The number of benzene rings is 2. The van der Waals surface area contributed by atoms with Crippen molar-refractivity contribution in [3.63, 3.8) is 0 Å². The summed E-state index contributed by atoms with van der Waals surface area (Å²) >= 11 is 12.1. The smallest absolute Gasteiger partial charge is 0.251 e. The summed E-state index contributed by atoms with van der Waals surface area (Å²) in [4.78, 5) is 27.2. The van der Waals surface area contributed by atoms with E-state index in [1.807, 2.05) is 0 Å². The molecule has 1 aromatic heterocycles. The molecule has 0 saturated carbocycles. The summed E-state index contributed by atoms with van der Waals surface area (Å²) in [7, 11) is 1.51. The van der Waals surface area contributed by atoms with Crippen LogP contribution >= 0.6 is 23.2 Å². The van der Waals surface area contributed by atoms with Gasteiger partial charge >= 0.3 is 0 Å². The van der Waals surface area contributed by atoms with Crippen molar-refractivity contribution in [1.29, 1.82) is 0 Å². The topological polar surface area (TPSA) is 108 Å². The molecular weight excluding hydrogens is 365 g/mol. The van der Waals surface area contributed by atoms with Gasteiger partial charge in [0.1, 0.15) is 0 Å². The zero-order chi connectivity index (χ0) is 18.3. The third-order valence-corrected chi connectivity index (χ3v) is 4.46. The molecule has 1 heterocycles. The number of halogens is 2. The second-order valence-electron chi connectivity index (χ2n) is 5.37. The highest BCUT2D eigenvalue weighted by atomic mass is 35.5. The zero-order valence-electron chi connectivity index (χ0n) is 13.0. The fourth-order valence-electron chi connectivity index (χ4n) is 2.50. The number of H-pyrrole nitrogens is 1. The van der Waals surface area contributed by atoms with Crippen LogP contribution in [0.4, 0.5) is 5.69 Å². The fraction of sp³-hybridized carbons (Fsp3) is 0.0588. The van der Waals surface area contributed by atoms with Gasteiger partial charge in [-0.1, -0.05) is 23.2 Å². The van der Waals surface area contributed by atoms with Crippen molar-refractivity contribution in [2.75, 3.05) is 12.8 Å². The molecule has 1 amide bonds. The lowest BCUT2D eigenvalue weighted by Gasteiger charge is -2.11. The summed E-state index contributed by atoms with van der Waals surface area (Å²) in [6, 6.07) is 7.49. The second-order valence-corrected chi connectivity index (χ2v) is 6.19. The SMILES string of the molecule is CNC(=O)c1ccc2c(=O)c(O)c(-c3cc(Cl)c(N)c(Cl)c3)[nH]c2c1. The number of fused-ring (bicyclic) bond motifs is 1. The van der Waals surface area contributed by atoms with Gasteiger partial charge in [0.05, 0.1) is 26.9 Å². The molecular formula is C17H13Cl2N3O3. The molecule has 2 aromatic carbocycles. The molecule has 6 nitrogen and oxygen atoms in total. The van der Waals surface area contributed by atoms with Crippen molar-refractivity contribution in [3.8, 4) is 17.0 Å². The first-order valence-electron chi connectivity index (χ1n) is 7.19. The van der Waals surface area contributed by atoms with Crippen LogP contribution in [-0.2, 0) is 0 Å². The van der Waals surface area contributed by atoms with Crippen molar-refractivity contribution in [2.24, 2.45) is 0 Å². The number of nitrogen functional groups attached to an aromatic ring is 1. The Balaban J connectivity index is 2.30. The molecule has 0 saturated heterocycles. The number of aromatic amines is 1. The van der Waals surface area contributed by atoms with Gasteiger partial charge < -0.3 is 21.1 Å². The van der Waals surface area contributed by atoms with Gasteiger partial charge in [-0.2, -0.15) is 0 Å². The minimum Gasteiger partial charge on any atom is -0.503 e. The monoisotopic (exact) mass is 377 g/mol. The van der Waals surface area contributed by atoms with Gasteiger partial charge in [-0.25, -0.2) is 0 Å². The Kier molecular flexibility index (Phi) is 4.32. The van der Waals surface area contributed by atoms with Gasteiger partial charge in [0.2, 0.25) is 5.43 Å². The number of carbonyl (C=O) groups is 1. The van der Waals surface area contributed by atoms with Crippen LogP contribution in [0.15, 0.2) is 35.1 Å². The fourth-order valence-corrected chi connectivity index (χ4v) is 2.99. The highest BCUT2D eigenvalue weighted by Crippen LogP contribution is 2.35. The molecule has 0 aliphatic heterocycles. The van der Waals surface area contributed by atoms with E-state index in [2.05, 4.69) is 10.3 Å². The normalized spacial score (nSPS) is 10.8. The number of pyridine rings is 1. The van der Waals surface area contributed by atoms with E-state index in [9.17, 15) is 14.7 Å². The molecule has 0 spiro atoms. The zero-order valence-corrected chi connectivity index (χ0v) is 14.5. The third-order valence-electron chi connectivity index (χ3n) is 3.83. The number of carbonyl (C=O) groups excluding carboxylic acids is 1. The van der Waals surface area contributed by atoms with Gasteiger partial charge in [0.15, 0.2) is 5.75 Å². The molecule has 8 heteroatoms. The first kappa shape index (κ1) is 17.1. The molecule has 3 aromatic rings. The van der Waals surface area contributed by atoms with Crippen molar-refractivity contribution in [3.05, 3.63) is 56.2 Å². The minimum atomic E-state index is -0.573. The van der Waals surface area contributed by atoms with E-state index in [4.69, 9.17) is 28.9 Å². The summed E-state index contributed by atoms with van der Waals surface area (Å²) in [5.74, 6) is -0.770. The van der Waals surface area contributed by atoms with E-state index in [-0.39, 0.29) is 32.7 Å². The van der Waals surface area contributed by atoms with Gasteiger partial charge in [0.25, 0.3) is 5.91 Å². The van der Waals surface area contributed by atoms with E-state index in [1.54, 1.807) is 0 Å². The van der Waals surface area contributed by atoms with E-state index in [0.717, 1.165) is 0 Å². The molecule has 0 unspecified atom stereocenters. The largest absolute Gasteiger partial charge is 0.503 e. The maximum absolute atomic E-state index is 12.4. The Morgan fingerprint density at radius 2 is 1.84 bits per heavy atom. The van der Waals surface area contributed by atoms with Crippen LogP contribution in [0.5, 0.6) is 5.75 Å².